The molecule has 0 aliphatic carbocycles. The fraction of sp³-hybridized carbons (Fsp3) is 0.389. The van der Waals surface area contributed by atoms with Crippen LogP contribution in [0.5, 0.6) is 0 Å². The second-order valence-corrected chi connectivity index (χ2v) is 8.20. The molecule has 2 rings (SSSR count). The lowest BCUT2D eigenvalue weighted by Gasteiger charge is -2.18. The second kappa shape index (κ2) is 9.96. The van der Waals surface area contributed by atoms with Gasteiger partial charge < -0.3 is 9.47 Å². The van der Waals surface area contributed by atoms with Gasteiger partial charge >= 0.3 is 12.3 Å². The predicted molar refractivity (Wildman–Crippen MR) is 94.6 cm³/mol. The number of carbonyl (C=O) groups excluding carboxylic acids is 3. The van der Waals surface area contributed by atoms with Crippen molar-refractivity contribution < 1.29 is 54.7 Å². The lowest BCUT2D eigenvalue weighted by atomic mass is 10.2. The summed E-state index contributed by atoms with van der Waals surface area (Å²) in [6.07, 6.45) is -6.85. The molecule has 0 saturated carbocycles. The Morgan fingerprint density at radius 1 is 1.25 bits per heavy atom. The van der Waals surface area contributed by atoms with E-state index in [-0.39, 0.29) is 30.6 Å². The average molecular weight is 481 g/mol. The molecule has 0 radical (unpaired) electrons. The van der Waals surface area contributed by atoms with Crippen molar-refractivity contribution in [3.05, 3.63) is 41.7 Å². The van der Waals surface area contributed by atoms with E-state index >= 15 is 0 Å². The number of amides is 2. The van der Waals surface area contributed by atoms with E-state index in [9.17, 15) is 40.4 Å². The molecule has 0 bridgehead atoms. The molecule has 1 atom stereocenters. The van der Waals surface area contributed by atoms with Gasteiger partial charge in [0, 0.05) is 20.0 Å². The third-order valence-electron chi connectivity index (χ3n) is 3.84. The zero-order valence-electron chi connectivity index (χ0n) is 16.3. The molecule has 1 aromatic carbocycles. The summed E-state index contributed by atoms with van der Waals surface area (Å²) in [6, 6.07) is 3.19. The Morgan fingerprint density at radius 3 is 2.44 bits per heavy atom. The molecule has 32 heavy (non-hydrogen) atoms. The molecule has 0 aromatic heterocycles. The number of alkyl halides is 3. The SMILES string of the molecule is COC/C=C/C(CS(=O)(=O)c1c#cc(F)cc1C(F)(F)F)OC(=O)ON1C(=O)CCC1=O. The summed E-state index contributed by atoms with van der Waals surface area (Å²) in [5.41, 5.74) is -1.82. The fourth-order valence-electron chi connectivity index (χ4n) is 2.48. The Kier molecular flexibility index (Phi) is 7.81. The summed E-state index contributed by atoms with van der Waals surface area (Å²) in [7, 11) is -3.58. The van der Waals surface area contributed by atoms with Crippen LogP contribution in [0, 0.1) is 17.9 Å². The van der Waals surface area contributed by atoms with E-state index in [1.807, 2.05) is 0 Å². The Morgan fingerprint density at radius 2 is 1.88 bits per heavy atom. The minimum absolute atomic E-state index is 0.0567. The first-order chi connectivity index (χ1) is 14.8. The normalized spacial score (nSPS) is 15.7. The van der Waals surface area contributed by atoms with Gasteiger partial charge in [-0.05, 0) is 24.3 Å². The number of halogens is 4. The minimum Gasteiger partial charge on any atom is -0.424 e. The van der Waals surface area contributed by atoms with E-state index in [1.54, 1.807) is 12.1 Å². The van der Waals surface area contributed by atoms with Gasteiger partial charge in [-0.15, -0.1) is 0 Å². The Bertz CT molecular complexity index is 1010. The van der Waals surface area contributed by atoms with Gasteiger partial charge in [-0.25, -0.2) is 13.2 Å². The van der Waals surface area contributed by atoms with Crippen molar-refractivity contribution in [2.45, 2.75) is 30.0 Å². The Hall–Kier alpha value is -3.18. The highest BCUT2D eigenvalue weighted by Crippen LogP contribution is 2.34. The molecule has 0 spiro atoms. The first-order valence-corrected chi connectivity index (χ1v) is 10.3. The highest BCUT2D eigenvalue weighted by Gasteiger charge is 2.39. The van der Waals surface area contributed by atoms with Gasteiger partial charge in [-0.3, -0.25) is 14.4 Å². The summed E-state index contributed by atoms with van der Waals surface area (Å²) < 4.78 is 87.4. The number of hydrogen-bond acceptors (Lipinski definition) is 8. The van der Waals surface area contributed by atoms with Gasteiger partial charge in [-0.1, -0.05) is 11.1 Å². The molecular weight excluding hydrogens is 466 g/mol. The van der Waals surface area contributed by atoms with Crippen molar-refractivity contribution in [2.75, 3.05) is 19.5 Å². The number of sulfone groups is 1. The maximum absolute atomic E-state index is 13.2. The van der Waals surface area contributed by atoms with Gasteiger partial charge in [0.15, 0.2) is 15.7 Å². The highest BCUT2D eigenvalue weighted by atomic mass is 32.2. The highest BCUT2D eigenvalue weighted by molar-refractivity contribution is 7.91. The fourth-order valence-corrected chi connectivity index (χ4v) is 3.97. The lowest BCUT2D eigenvalue weighted by molar-refractivity contribution is -0.177. The maximum atomic E-state index is 13.2. The summed E-state index contributed by atoms with van der Waals surface area (Å²) >= 11 is 0. The monoisotopic (exact) mass is 481 g/mol. The van der Waals surface area contributed by atoms with Crippen LogP contribution in [0.2, 0.25) is 0 Å². The molecule has 1 aliphatic rings. The molecule has 9 nitrogen and oxygen atoms in total. The molecule has 174 valence electrons. The summed E-state index contributed by atoms with van der Waals surface area (Å²) in [5.74, 6) is -4.38. The lowest BCUT2D eigenvalue weighted by Crippen LogP contribution is -2.35. The summed E-state index contributed by atoms with van der Waals surface area (Å²) in [4.78, 5) is 38.0. The van der Waals surface area contributed by atoms with Crippen LogP contribution in [0.1, 0.15) is 18.4 Å². The Balaban J connectivity index is 2.27. The molecule has 0 N–H and O–H groups in total. The summed E-state index contributed by atoms with van der Waals surface area (Å²) in [5, 5.41) is 0.136. The van der Waals surface area contributed by atoms with Gasteiger partial charge in [0.2, 0.25) is 0 Å². The van der Waals surface area contributed by atoms with Crippen molar-refractivity contribution in [1.29, 1.82) is 0 Å². The number of rotatable bonds is 8. The van der Waals surface area contributed by atoms with E-state index in [4.69, 9.17) is 9.47 Å². The van der Waals surface area contributed by atoms with E-state index in [0.29, 0.717) is 0 Å². The number of nitrogens with zero attached hydrogens (tertiary/aromatic N) is 1. The minimum atomic E-state index is -5.23. The van der Waals surface area contributed by atoms with Gasteiger partial charge in [-0.2, -0.15) is 17.6 Å². The average Bonchev–Trinajstić information content (AvgIpc) is 2.98. The number of hydrogen-bond donors (Lipinski definition) is 0. The second-order valence-electron chi connectivity index (χ2n) is 6.23. The molecule has 1 fully saturated rings. The largest absolute Gasteiger partial charge is 0.534 e. The first kappa shape index (κ1) is 25.1. The number of hydroxylamine groups is 2. The van der Waals surface area contributed by atoms with Crippen LogP contribution in [-0.2, 0) is 39.9 Å². The number of imide groups is 1. The number of carbonyl (C=O) groups is 3. The van der Waals surface area contributed by atoms with Crippen molar-refractivity contribution in [3.8, 4) is 0 Å². The maximum Gasteiger partial charge on any atom is 0.534 e. The number of methoxy groups -OCH3 is 1. The third kappa shape index (κ3) is 6.41. The van der Waals surface area contributed by atoms with Crippen molar-refractivity contribution in [2.24, 2.45) is 0 Å². The molecule has 1 aromatic rings. The van der Waals surface area contributed by atoms with Crippen LogP contribution < -0.4 is 0 Å². The zero-order valence-corrected chi connectivity index (χ0v) is 17.1. The van der Waals surface area contributed by atoms with E-state index in [0.717, 1.165) is 6.08 Å². The first-order valence-electron chi connectivity index (χ1n) is 8.68. The standard InChI is InChI=1S/C18H15F4NO8S/c1-29-8-2-3-12(30-17(26)31-23-15(24)6-7-16(23)25)10-32(27,28)14-5-4-11(19)9-13(14)18(20,21)22/h2-3,9,12H,6-8,10H2,1H3/b3-2+. The van der Waals surface area contributed by atoms with Crippen molar-refractivity contribution >= 4 is 27.8 Å². The van der Waals surface area contributed by atoms with Crippen LogP contribution >= 0.6 is 0 Å². The zero-order chi connectivity index (χ0) is 24.1. The van der Waals surface area contributed by atoms with Crippen molar-refractivity contribution in [1.82, 2.24) is 5.06 Å². The summed E-state index contributed by atoms with van der Waals surface area (Å²) in [6.45, 7) is -0.0810. The van der Waals surface area contributed by atoms with Crippen LogP contribution in [0.15, 0.2) is 23.1 Å². The van der Waals surface area contributed by atoms with Gasteiger partial charge in [0.05, 0.1) is 17.9 Å². The quantitative estimate of drug-likeness (QED) is 0.240. The molecule has 1 saturated heterocycles. The van der Waals surface area contributed by atoms with Crippen molar-refractivity contribution in [3.63, 3.8) is 0 Å². The van der Waals surface area contributed by atoms with E-state index in [2.05, 4.69) is 4.84 Å². The van der Waals surface area contributed by atoms with Gasteiger partial charge in [0.1, 0.15) is 11.0 Å². The Labute approximate surface area is 179 Å². The third-order valence-corrected chi connectivity index (χ3v) is 5.56. The molecule has 2 amide bonds. The smallest absolute Gasteiger partial charge is 0.424 e. The van der Waals surface area contributed by atoms with Crippen LogP contribution in [0.25, 0.3) is 0 Å². The molecule has 1 aliphatic heterocycles. The van der Waals surface area contributed by atoms with E-state index in [1.165, 1.54) is 13.2 Å². The van der Waals surface area contributed by atoms with Crippen LogP contribution in [0.3, 0.4) is 0 Å². The molecule has 1 unspecified atom stereocenters. The topological polar surface area (TPSA) is 116 Å². The van der Waals surface area contributed by atoms with Crippen LogP contribution in [-0.4, -0.2) is 57.0 Å². The van der Waals surface area contributed by atoms with Crippen LogP contribution in [0.4, 0.5) is 22.4 Å². The van der Waals surface area contributed by atoms with Gasteiger partial charge in [0.25, 0.3) is 11.8 Å². The number of ether oxygens (including phenoxy) is 2. The van der Waals surface area contributed by atoms with E-state index < -0.39 is 62.1 Å². The molecule has 14 heteroatoms. The molecular formula is C18H15F4NO8S. The predicted octanol–water partition coefficient (Wildman–Crippen LogP) is 2.01. The molecule has 1 heterocycles.